The first kappa shape index (κ1) is 28.8. The quantitative estimate of drug-likeness (QED) is 0.323. The van der Waals surface area contributed by atoms with E-state index in [1.54, 1.807) is 0 Å². The fourth-order valence-electron chi connectivity index (χ4n) is 9.82. The Balaban J connectivity index is 1.78. The van der Waals surface area contributed by atoms with Gasteiger partial charge in [-0.1, -0.05) is 51.8 Å². The Hall–Kier alpha value is -1.17. The average Bonchev–Trinajstić information content (AvgIpc) is 3.06. The standard InChI is InChI=1S/C32H52O5/c1-19(2)16-22(34)17-20(3)23-12-13-31(8)28-26(37-21(4)33)18-25-24(10-11-27(35)29(25,5)6)32(28,36-9)15-14-30(23,31)7/h16,18,20,22-24,26-28,34-35H,10-15,17H2,1-9H3/t20-,22+,23-,24-,26+,27+,28+,30-,31+,32-/m1/s1. The van der Waals surface area contributed by atoms with Gasteiger partial charge < -0.3 is 19.7 Å². The minimum Gasteiger partial charge on any atom is -0.458 e. The molecule has 0 aromatic rings. The molecule has 3 saturated carbocycles. The lowest BCUT2D eigenvalue weighted by molar-refractivity contribution is -0.240. The van der Waals surface area contributed by atoms with Gasteiger partial charge in [0, 0.05) is 31.3 Å². The molecule has 4 aliphatic carbocycles. The molecule has 0 unspecified atom stereocenters. The number of aliphatic hydroxyl groups is 2. The zero-order chi connectivity index (χ0) is 27.6. The second-order valence-electron chi connectivity index (χ2n) is 14.2. The molecular formula is C32H52O5. The van der Waals surface area contributed by atoms with E-state index < -0.39 is 17.8 Å². The Labute approximate surface area is 225 Å². The van der Waals surface area contributed by atoms with E-state index in [0.29, 0.717) is 11.8 Å². The molecule has 4 rings (SSSR count). The lowest BCUT2D eigenvalue weighted by atomic mass is 9.41. The summed E-state index contributed by atoms with van der Waals surface area (Å²) in [4.78, 5) is 12.4. The summed E-state index contributed by atoms with van der Waals surface area (Å²) in [6.07, 6.45) is 9.58. The monoisotopic (exact) mass is 516 g/mol. The van der Waals surface area contributed by atoms with Gasteiger partial charge in [0.1, 0.15) is 6.10 Å². The van der Waals surface area contributed by atoms with Crippen molar-refractivity contribution in [2.75, 3.05) is 7.11 Å². The maximum absolute atomic E-state index is 12.4. The second-order valence-corrected chi connectivity index (χ2v) is 14.2. The van der Waals surface area contributed by atoms with Gasteiger partial charge in [0.15, 0.2) is 0 Å². The third-order valence-corrected chi connectivity index (χ3v) is 11.8. The molecule has 3 fully saturated rings. The molecular weight excluding hydrogens is 464 g/mol. The van der Waals surface area contributed by atoms with Crippen LogP contribution in [0.1, 0.15) is 100 Å². The molecule has 4 aliphatic rings. The summed E-state index contributed by atoms with van der Waals surface area (Å²) in [5.41, 5.74) is 1.53. The molecule has 0 heterocycles. The molecule has 5 heteroatoms. The van der Waals surface area contributed by atoms with Gasteiger partial charge in [0.25, 0.3) is 0 Å². The predicted molar refractivity (Wildman–Crippen MR) is 147 cm³/mol. The number of aliphatic hydroxyl groups excluding tert-OH is 2. The normalized spacial score (nSPS) is 44.0. The maximum Gasteiger partial charge on any atom is 0.303 e. The van der Waals surface area contributed by atoms with E-state index in [9.17, 15) is 15.0 Å². The van der Waals surface area contributed by atoms with Crippen LogP contribution in [0.5, 0.6) is 0 Å². The minimum absolute atomic E-state index is 0.0485. The van der Waals surface area contributed by atoms with Crippen LogP contribution in [0, 0.1) is 39.9 Å². The Morgan fingerprint density at radius 2 is 1.76 bits per heavy atom. The van der Waals surface area contributed by atoms with Crippen LogP contribution in [0.4, 0.5) is 0 Å². The third kappa shape index (κ3) is 4.36. The largest absolute Gasteiger partial charge is 0.458 e. The highest BCUT2D eigenvalue weighted by Crippen LogP contribution is 2.73. The van der Waals surface area contributed by atoms with E-state index in [1.807, 2.05) is 27.0 Å². The highest BCUT2D eigenvalue weighted by molar-refractivity contribution is 5.66. The molecule has 0 amide bonds. The molecule has 0 aromatic heterocycles. The van der Waals surface area contributed by atoms with Crippen molar-refractivity contribution in [2.24, 2.45) is 39.9 Å². The number of fused-ring (bicyclic) bond motifs is 5. The van der Waals surface area contributed by atoms with Crippen LogP contribution in [0.3, 0.4) is 0 Å². The van der Waals surface area contributed by atoms with Crippen molar-refractivity contribution in [1.82, 2.24) is 0 Å². The van der Waals surface area contributed by atoms with Crippen molar-refractivity contribution >= 4 is 5.97 Å². The topological polar surface area (TPSA) is 76.0 Å². The second kappa shape index (κ2) is 9.78. The van der Waals surface area contributed by atoms with Gasteiger partial charge >= 0.3 is 5.97 Å². The van der Waals surface area contributed by atoms with E-state index in [4.69, 9.17) is 9.47 Å². The molecule has 2 N–H and O–H groups in total. The number of carbonyl (C=O) groups excluding carboxylic acids is 1. The molecule has 5 nitrogen and oxygen atoms in total. The minimum atomic E-state index is -0.421. The van der Waals surface area contributed by atoms with Gasteiger partial charge in [-0.25, -0.2) is 0 Å². The summed E-state index contributed by atoms with van der Waals surface area (Å²) >= 11 is 0. The fraction of sp³-hybridized carbons (Fsp3) is 0.844. The fourth-order valence-corrected chi connectivity index (χ4v) is 9.82. The SMILES string of the molecule is CO[C@@]12CC[C@]3(C)[C@@H]([C@H](C)C[C@@H](O)C=C(C)C)CC[C@@]3(C)[C@@H]1[C@@H](OC(C)=O)C=C1[C@H]2CC[C@H](O)C1(C)C. The molecule has 10 atom stereocenters. The van der Waals surface area contributed by atoms with Gasteiger partial charge in [0.2, 0.25) is 0 Å². The maximum atomic E-state index is 12.4. The van der Waals surface area contributed by atoms with Gasteiger partial charge in [-0.05, 0) is 87.5 Å². The lowest BCUT2D eigenvalue weighted by Gasteiger charge is -2.67. The van der Waals surface area contributed by atoms with Crippen molar-refractivity contribution in [3.8, 4) is 0 Å². The third-order valence-electron chi connectivity index (χ3n) is 11.8. The van der Waals surface area contributed by atoms with Crippen LogP contribution >= 0.6 is 0 Å². The predicted octanol–water partition coefficient (Wildman–Crippen LogP) is 6.23. The zero-order valence-corrected chi connectivity index (χ0v) is 24.8. The van der Waals surface area contributed by atoms with Gasteiger partial charge in [0.05, 0.1) is 17.8 Å². The van der Waals surface area contributed by atoms with Crippen LogP contribution < -0.4 is 0 Å². The first-order valence-corrected chi connectivity index (χ1v) is 14.6. The number of allylic oxidation sites excluding steroid dienone is 1. The zero-order valence-electron chi connectivity index (χ0n) is 24.8. The van der Waals surface area contributed by atoms with Gasteiger partial charge in [-0.15, -0.1) is 0 Å². The Morgan fingerprint density at radius 3 is 2.35 bits per heavy atom. The number of rotatable bonds is 6. The average molecular weight is 517 g/mol. The van der Waals surface area contributed by atoms with Gasteiger partial charge in [-0.3, -0.25) is 4.79 Å². The number of ether oxygens (including phenoxy) is 2. The molecule has 0 bridgehead atoms. The first-order chi connectivity index (χ1) is 17.1. The summed E-state index contributed by atoms with van der Waals surface area (Å²) in [7, 11) is 1.86. The van der Waals surface area contributed by atoms with Crippen LogP contribution in [-0.4, -0.2) is 47.2 Å². The molecule has 210 valence electrons. The van der Waals surface area contributed by atoms with Crippen LogP contribution in [0.2, 0.25) is 0 Å². The van der Waals surface area contributed by atoms with E-state index in [-0.39, 0.29) is 40.2 Å². The number of esters is 1. The van der Waals surface area contributed by atoms with E-state index in [2.05, 4.69) is 40.7 Å². The molecule has 0 saturated heterocycles. The van der Waals surface area contributed by atoms with Crippen molar-refractivity contribution in [2.45, 2.75) is 124 Å². The number of hydrogen-bond acceptors (Lipinski definition) is 5. The molecule has 0 aromatic carbocycles. The number of hydrogen-bond donors (Lipinski definition) is 2. The highest BCUT2D eigenvalue weighted by Gasteiger charge is 2.71. The number of carbonyl (C=O) groups is 1. The Bertz CT molecular complexity index is 947. The highest BCUT2D eigenvalue weighted by atomic mass is 16.5. The van der Waals surface area contributed by atoms with E-state index >= 15 is 0 Å². The summed E-state index contributed by atoms with van der Waals surface area (Å²) in [6, 6.07) is 0. The smallest absolute Gasteiger partial charge is 0.303 e. The summed E-state index contributed by atoms with van der Waals surface area (Å²) < 4.78 is 12.8. The summed E-state index contributed by atoms with van der Waals surface area (Å²) in [6.45, 7) is 17.1. The van der Waals surface area contributed by atoms with Crippen molar-refractivity contribution in [3.05, 3.63) is 23.3 Å². The summed E-state index contributed by atoms with van der Waals surface area (Å²) in [5, 5.41) is 21.7. The van der Waals surface area contributed by atoms with Gasteiger partial charge in [-0.2, -0.15) is 0 Å². The first-order valence-electron chi connectivity index (χ1n) is 14.6. The lowest BCUT2D eigenvalue weighted by Crippen LogP contribution is -2.68. The molecule has 0 aliphatic heterocycles. The van der Waals surface area contributed by atoms with Crippen LogP contribution in [0.25, 0.3) is 0 Å². The molecule has 0 spiro atoms. The van der Waals surface area contributed by atoms with Crippen molar-refractivity contribution < 1.29 is 24.5 Å². The van der Waals surface area contributed by atoms with E-state index in [1.165, 1.54) is 12.5 Å². The molecule has 37 heavy (non-hydrogen) atoms. The van der Waals surface area contributed by atoms with E-state index in [0.717, 1.165) is 50.5 Å². The van der Waals surface area contributed by atoms with Crippen LogP contribution in [0.15, 0.2) is 23.3 Å². The Kier molecular flexibility index (Phi) is 7.62. The van der Waals surface area contributed by atoms with Crippen molar-refractivity contribution in [1.29, 1.82) is 0 Å². The number of methoxy groups -OCH3 is 1. The summed E-state index contributed by atoms with van der Waals surface area (Å²) in [5.74, 6) is 0.874. The Morgan fingerprint density at radius 1 is 1.08 bits per heavy atom. The van der Waals surface area contributed by atoms with Crippen LogP contribution in [-0.2, 0) is 14.3 Å². The van der Waals surface area contributed by atoms with Crippen molar-refractivity contribution in [3.63, 3.8) is 0 Å². The molecule has 0 radical (unpaired) electrons.